The number of methoxy groups -OCH3 is 2. The lowest BCUT2D eigenvalue weighted by atomic mass is 10.1. The highest BCUT2D eigenvalue weighted by molar-refractivity contribution is 5.43. The van der Waals surface area contributed by atoms with Gasteiger partial charge in [-0.15, -0.1) is 0 Å². The first-order valence-corrected chi connectivity index (χ1v) is 7.76. The van der Waals surface area contributed by atoms with E-state index in [-0.39, 0.29) is 5.82 Å². The molecule has 0 saturated carbocycles. The van der Waals surface area contributed by atoms with Crippen molar-refractivity contribution >= 4 is 0 Å². The molecule has 2 aromatic rings. The molecule has 1 heterocycles. The van der Waals surface area contributed by atoms with E-state index >= 15 is 0 Å². The van der Waals surface area contributed by atoms with E-state index in [2.05, 4.69) is 15.1 Å². The van der Waals surface area contributed by atoms with Gasteiger partial charge in [-0.25, -0.2) is 4.39 Å². The monoisotopic (exact) mass is 319 g/mol. The zero-order chi connectivity index (χ0) is 16.4. The van der Waals surface area contributed by atoms with E-state index in [0.717, 1.165) is 18.5 Å². The van der Waals surface area contributed by atoms with Crippen molar-refractivity contribution in [2.75, 3.05) is 21.3 Å². The molecule has 0 spiro atoms. The molecule has 6 heteroatoms. The fourth-order valence-corrected chi connectivity index (χ4v) is 3.14. The number of H-pyrrole nitrogens is 1. The van der Waals surface area contributed by atoms with Gasteiger partial charge in [-0.05, 0) is 37.9 Å². The van der Waals surface area contributed by atoms with Crippen LogP contribution < -0.4 is 9.47 Å². The molecule has 5 nitrogen and oxygen atoms in total. The molecule has 0 saturated heterocycles. The van der Waals surface area contributed by atoms with Gasteiger partial charge in [0.15, 0.2) is 11.5 Å². The number of nitrogens with one attached hydrogen (secondary N) is 1. The van der Waals surface area contributed by atoms with Gasteiger partial charge in [0.05, 0.1) is 19.9 Å². The molecule has 0 amide bonds. The van der Waals surface area contributed by atoms with Crippen molar-refractivity contribution in [3.63, 3.8) is 0 Å². The number of aromatic amines is 1. The van der Waals surface area contributed by atoms with Crippen LogP contribution in [0.4, 0.5) is 4.39 Å². The first-order valence-electron chi connectivity index (χ1n) is 7.76. The van der Waals surface area contributed by atoms with E-state index in [9.17, 15) is 4.39 Å². The van der Waals surface area contributed by atoms with Crippen molar-refractivity contribution in [3.8, 4) is 11.5 Å². The van der Waals surface area contributed by atoms with Gasteiger partial charge in [0.25, 0.3) is 0 Å². The van der Waals surface area contributed by atoms with Gasteiger partial charge in [0.2, 0.25) is 0 Å². The minimum atomic E-state index is -0.290. The fraction of sp³-hybridized carbons (Fsp3) is 0.471. The van der Waals surface area contributed by atoms with Crippen molar-refractivity contribution in [3.05, 3.63) is 40.5 Å². The average Bonchev–Trinajstić information content (AvgIpc) is 3.14. The summed E-state index contributed by atoms with van der Waals surface area (Å²) in [6.45, 7) is 1.17. The Balaban J connectivity index is 1.73. The molecular formula is C17H22FN3O2. The first kappa shape index (κ1) is 15.8. The third kappa shape index (κ3) is 3.17. The number of ether oxygens (including phenoxy) is 2. The summed E-state index contributed by atoms with van der Waals surface area (Å²) in [6.07, 6.45) is 3.35. The number of nitrogens with zero attached hydrogens (tertiary/aromatic N) is 2. The summed E-state index contributed by atoms with van der Waals surface area (Å²) in [4.78, 5) is 2.05. The van der Waals surface area contributed by atoms with Gasteiger partial charge >= 0.3 is 0 Å². The van der Waals surface area contributed by atoms with E-state index in [4.69, 9.17) is 9.47 Å². The minimum Gasteiger partial charge on any atom is -0.493 e. The molecule has 0 radical (unpaired) electrons. The highest BCUT2D eigenvalue weighted by Gasteiger charge is 2.20. The van der Waals surface area contributed by atoms with E-state index in [0.29, 0.717) is 30.2 Å². The van der Waals surface area contributed by atoms with Crippen LogP contribution in [0.25, 0.3) is 0 Å². The van der Waals surface area contributed by atoms with E-state index in [1.54, 1.807) is 13.2 Å². The van der Waals surface area contributed by atoms with E-state index in [1.807, 2.05) is 7.05 Å². The average molecular weight is 319 g/mol. The summed E-state index contributed by atoms with van der Waals surface area (Å²) >= 11 is 0. The molecule has 0 unspecified atom stereocenters. The van der Waals surface area contributed by atoms with Gasteiger partial charge in [0.1, 0.15) is 5.82 Å². The van der Waals surface area contributed by atoms with Gasteiger partial charge in [-0.2, -0.15) is 5.10 Å². The zero-order valence-corrected chi connectivity index (χ0v) is 13.8. The standard InChI is InChI=1S/C17H22FN3O2/c1-21(10-15-12-5-4-6-14(12)19-20-15)9-11-7-16(22-2)17(23-3)8-13(11)18/h7-8H,4-6,9-10H2,1-3H3,(H,19,20). The van der Waals surface area contributed by atoms with Crippen molar-refractivity contribution in [2.45, 2.75) is 32.4 Å². The summed E-state index contributed by atoms with van der Waals surface area (Å²) < 4.78 is 24.6. The lowest BCUT2D eigenvalue weighted by Crippen LogP contribution is -2.19. The Morgan fingerprint density at radius 3 is 2.65 bits per heavy atom. The largest absolute Gasteiger partial charge is 0.493 e. The van der Waals surface area contributed by atoms with Crippen LogP contribution in [-0.4, -0.2) is 36.4 Å². The molecule has 0 bridgehead atoms. The maximum Gasteiger partial charge on any atom is 0.163 e. The number of fused-ring (bicyclic) bond motifs is 1. The van der Waals surface area contributed by atoms with Gasteiger partial charge in [0, 0.05) is 30.4 Å². The quantitative estimate of drug-likeness (QED) is 0.889. The Bertz CT molecular complexity index is 699. The molecule has 1 aliphatic carbocycles. The Morgan fingerprint density at radius 2 is 1.91 bits per heavy atom. The molecule has 3 rings (SSSR count). The van der Waals surface area contributed by atoms with Crippen molar-refractivity contribution < 1.29 is 13.9 Å². The summed E-state index contributed by atoms with van der Waals surface area (Å²) in [5.74, 6) is 0.654. The van der Waals surface area contributed by atoms with Crippen molar-refractivity contribution in [1.29, 1.82) is 0 Å². The molecule has 23 heavy (non-hydrogen) atoms. The molecule has 0 aliphatic heterocycles. The lowest BCUT2D eigenvalue weighted by molar-refractivity contribution is 0.305. The van der Waals surface area contributed by atoms with Crippen LogP contribution in [0.15, 0.2) is 12.1 Å². The van der Waals surface area contributed by atoms with Crippen LogP contribution in [0.2, 0.25) is 0 Å². The van der Waals surface area contributed by atoms with Crippen LogP contribution in [-0.2, 0) is 25.9 Å². The maximum absolute atomic E-state index is 14.2. The number of hydrogen-bond donors (Lipinski definition) is 1. The number of benzene rings is 1. The van der Waals surface area contributed by atoms with Crippen LogP contribution in [0.3, 0.4) is 0 Å². The fourth-order valence-electron chi connectivity index (χ4n) is 3.14. The second-order valence-corrected chi connectivity index (χ2v) is 5.95. The number of hydrogen-bond acceptors (Lipinski definition) is 4. The lowest BCUT2D eigenvalue weighted by Gasteiger charge is -2.18. The topological polar surface area (TPSA) is 50.4 Å². The second kappa shape index (κ2) is 6.58. The first-order chi connectivity index (χ1) is 11.1. The second-order valence-electron chi connectivity index (χ2n) is 5.95. The number of halogens is 1. The van der Waals surface area contributed by atoms with E-state index < -0.39 is 0 Å². The predicted molar refractivity (Wildman–Crippen MR) is 85.3 cm³/mol. The number of rotatable bonds is 6. The van der Waals surface area contributed by atoms with Crippen LogP contribution in [0.5, 0.6) is 11.5 Å². The highest BCUT2D eigenvalue weighted by atomic mass is 19.1. The third-order valence-corrected chi connectivity index (χ3v) is 4.30. The third-order valence-electron chi connectivity index (χ3n) is 4.30. The molecule has 124 valence electrons. The van der Waals surface area contributed by atoms with Crippen LogP contribution in [0, 0.1) is 5.82 Å². The number of aryl methyl sites for hydroxylation is 1. The predicted octanol–water partition coefficient (Wildman–Crippen LogP) is 2.69. The van der Waals surface area contributed by atoms with Crippen molar-refractivity contribution in [2.24, 2.45) is 0 Å². The summed E-state index contributed by atoms with van der Waals surface area (Å²) in [6, 6.07) is 3.06. The SMILES string of the molecule is COc1cc(F)c(CN(C)Cc2n[nH]c3c2CCC3)cc1OC. The Morgan fingerprint density at radius 1 is 1.17 bits per heavy atom. The summed E-state index contributed by atoms with van der Waals surface area (Å²) in [7, 11) is 5.02. The Kier molecular flexibility index (Phi) is 4.52. The smallest absolute Gasteiger partial charge is 0.163 e. The molecule has 0 atom stereocenters. The molecule has 1 aliphatic rings. The molecule has 1 aromatic heterocycles. The van der Waals surface area contributed by atoms with Crippen LogP contribution in [0.1, 0.15) is 28.9 Å². The molecule has 1 aromatic carbocycles. The van der Waals surface area contributed by atoms with Gasteiger partial charge in [-0.3, -0.25) is 10.00 Å². The minimum absolute atomic E-state index is 0.290. The summed E-state index contributed by atoms with van der Waals surface area (Å²) in [5, 5.41) is 7.51. The van der Waals surface area contributed by atoms with E-state index in [1.165, 1.54) is 30.9 Å². The summed E-state index contributed by atoms with van der Waals surface area (Å²) in [5.41, 5.74) is 4.24. The molecule has 0 fully saturated rings. The molecule has 1 N–H and O–H groups in total. The zero-order valence-electron chi connectivity index (χ0n) is 13.8. The Labute approximate surface area is 135 Å². The Hall–Kier alpha value is -2.08. The van der Waals surface area contributed by atoms with Gasteiger partial charge < -0.3 is 9.47 Å². The van der Waals surface area contributed by atoms with Crippen LogP contribution >= 0.6 is 0 Å². The number of aromatic nitrogens is 2. The molecular weight excluding hydrogens is 297 g/mol. The normalized spacial score (nSPS) is 13.4. The maximum atomic E-state index is 14.2. The van der Waals surface area contributed by atoms with Crippen molar-refractivity contribution in [1.82, 2.24) is 15.1 Å². The van der Waals surface area contributed by atoms with Gasteiger partial charge in [-0.1, -0.05) is 0 Å². The highest BCUT2D eigenvalue weighted by Crippen LogP contribution is 2.30.